The standard InChI is InChI=1S/C18H30N4O/c1-3-9-19-18(23)22(16-17-7-5-4-6-8-17)15-14-21-12-10-20(2)11-13-21/h4-8H,3,9-16H2,1-2H3,(H,19,23). The monoisotopic (exact) mass is 318 g/mol. The number of likely N-dealkylation sites (N-methyl/N-ethyl adjacent to an activating group) is 1. The molecule has 1 aliphatic heterocycles. The van der Waals surface area contributed by atoms with Gasteiger partial charge in [-0.15, -0.1) is 0 Å². The number of nitrogens with one attached hydrogen (secondary N) is 1. The molecule has 1 saturated heterocycles. The number of carbonyl (C=O) groups excluding carboxylic acids is 1. The zero-order chi connectivity index (χ0) is 16.5. The fraction of sp³-hybridized carbons (Fsp3) is 0.611. The van der Waals surface area contributed by atoms with Crippen LogP contribution < -0.4 is 5.32 Å². The average molecular weight is 318 g/mol. The largest absolute Gasteiger partial charge is 0.338 e. The van der Waals surface area contributed by atoms with Gasteiger partial charge in [0.05, 0.1) is 0 Å². The molecule has 1 heterocycles. The second kappa shape index (κ2) is 9.53. The Balaban J connectivity index is 1.88. The zero-order valence-electron chi connectivity index (χ0n) is 14.5. The maximum Gasteiger partial charge on any atom is 0.317 e. The van der Waals surface area contributed by atoms with E-state index in [0.717, 1.165) is 52.2 Å². The Hall–Kier alpha value is -1.59. The van der Waals surface area contributed by atoms with Gasteiger partial charge in [-0.2, -0.15) is 0 Å². The molecule has 1 aromatic carbocycles. The van der Waals surface area contributed by atoms with Crippen LogP contribution >= 0.6 is 0 Å². The Morgan fingerprint density at radius 1 is 1.17 bits per heavy atom. The predicted molar refractivity (Wildman–Crippen MR) is 94.5 cm³/mol. The molecule has 0 atom stereocenters. The SMILES string of the molecule is CCCNC(=O)N(CCN1CCN(C)CC1)Cc1ccccc1. The van der Waals surface area contributed by atoms with Gasteiger partial charge < -0.3 is 15.1 Å². The lowest BCUT2D eigenvalue weighted by Gasteiger charge is -2.34. The van der Waals surface area contributed by atoms with Gasteiger partial charge >= 0.3 is 6.03 Å². The molecule has 2 amide bonds. The van der Waals surface area contributed by atoms with Crippen molar-refractivity contribution in [2.75, 3.05) is 52.9 Å². The minimum atomic E-state index is 0.0461. The van der Waals surface area contributed by atoms with Crippen molar-refractivity contribution >= 4 is 6.03 Å². The van der Waals surface area contributed by atoms with E-state index >= 15 is 0 Å². The molecule has 23 heavy (non-hydrogen) atoms. The molecule has 2 rings (SSSR count). The van der Waals surface area contributed by atoms with Crippen LogP contribution in [-0.4, -0.2) is 73.6 Å². The summed E-state index contributed by atoms with van der Waals surface area (Å²) < 4.78 is 0. The maximum absolute atomic E-state index is 12.4. The molecular weight excluding hydrogens is 288 g/mol. The normalized spacial score (nSPS) is 16.3. The van der Waals surface area contributed by atoms with E-state index in [0.29, 0.717) is 6.54 Å². The van der Waals surface area contributed by atoms with Crippen LogP contribution in [0.2, 0.25) is 0 Å². The van der Waals surface area contributed by atoms with E-state index in [1.165, 1.54) is 5.56 Å². The summed E-state index contributed by atoms with van der Waals surface area (Å²) in [5, 5.41) is 3.01. The van der Waals surface area contributed by atoms with E-state index in [-0.39, 0.29) is 6.03 Å². The first-order valence-electron chi connectivity index (χ1n) is 8.66. The molecule has 0 unspecified atom stereocenters. The van der Waals surface area contributed by atoms with Gasteiger partial charge in [0.1, 0.15) is 0 Å². The van der Waals surface area contributed by atoms with Crippen LogP contribution in [0.25, 0.3) is 0 Å². The van der Waals surface area contributed by atoms with Crippen molar-refractivity contribution in [3.63, 3.8) is 0 Å². The lowest BCUT2D eigenvalue weighted by molar-refractivity contribution is 0.136. The molecule has 1 aromatic rings. The van der Waals surface area contributed by atoms with Crippen molar-refractivity contribution in [1.82, 2.24) is 20.0 Å². The topological polar surface area (TPSA) is 38.8 Å². The van der Waals surface area contributed by atoms with Crippen LogP contribution in [0.4, 0.5) is 4.79 Å². The van der Waals surface area contributed by atoms with Crippen LogP contribution in [0, 0.1) is 0 Å². The summed E-state index contributed by atoms with van der Waals surface area (Å²) in [4.78, 5) is 19.2. The fourth-order valence-electron chi connectivity index (χ4n) is 2.73. The fourth-order valence-corrected chi connectivity index (χ4v) is 2.73. The van der Waals surface area contributed by atoms with E-state index in [4.69, 9.17) is 0 Å². The summed E-state index contributed by atoms with van der Waals surface area (Å²) in [6, 6.07) is 10.3. The molecule has 1 N–H and O–H groups in total. The summed E-state index contributed by atoms with van der Waals surface area (Å²) >= 11 is 0. The Morgan fingerprint density at radius 3 is 2.52 bits per heavy atom. The van der Waals surface area contributed by atoms with Crippen LogP contribution in [0.3, 0.4) is 0 Å². The first kappa shape index (κ1) is 17.8. The van der Waals surface area contributed by atoms with E-state index in [1.54, 1.807) is 0 Å². The van der Waals surface area contributed by atoms with Gasteiger partial charge in [0.2, 0.25) is 0 Å². The Morgan fingerprint density at radius 2 is 1.87 bits per heavy atom. The molecular formula is C18H30N4O. The number of urea groups is 1. The third-order valence-electron chi connectivity index (χ3n) is 4.31. The molecule has 0 aliphatic carbocycles. The summed E-state index contributed by atoms with van der Waals surface area (Å²) in [6.45, 7) is 9.60. The van der Waals surface area contributed by atoms with Gasteiger partial charge in [-0.05, 0) is 19.0 Å². The van der Waals surface area contributed by atoms with Gasteiger partial charge in [-0.3, -0.25) is 4.90 Å². The molecule has 0 saturated carbocycles. The van der Waals surface area contributed by atoms with Crippen molar-refractivity contribution in [2.24, 2.45) is 0 Å². The van der Waals surface area contributed by atoms with Gasteiger partial charge in [-0.25, -0.2) is 4.79 Å². The first-order chi connectivity index (χ1) is 11.2. The minimum Gasteiger partial charge on any atom is -0.338 e. The molecule has 1 aliphatic rings. The molecule has 128 valence electrons. The lowest BCUT2D eigenvalue weighted by atomic mass is 10.2. The van der Waals surface area contributed by atoms with Crippen molar-refractivity contribution in [3.05, 3.63) is 35.9 Å². The highest BCUT2D eigenvalue weighted by Gasteiger charge is 2.17. The smallest absolute Gasteiger partial charge is 0.317 e. The van der Waals surface area contributed by atoms with Crippen molar-refractivity contribution < 1.29 is 4.79 Å². The van der Waals surface area contributed by atoms with Crippen molar-refractivity contribution in [1.29, 1.82) is 0 Å². The number of amides is 2. The van der Waals surface area contributed by atoms with E-state index < -0.39 is 0 Å². The number of hydrogen-bond donors (Lipinski definition) is 1. The Bertz CT molecular complexity index is 457. The van der Waals surface area contributed by atoms with Crippen LogP contribution in [0.1, 0.15) is 18.9 Å². The van der Waals surface area contributed by atoms with Crippen molar-refractivity contribution in [3.8, 4) is 0 Å². The highest BCUT2D eigenvalue weighted by Crippen LogP contribution is 2.06. The summed E-state index contributed by atoms with van der Waals surface area (Å²) in [5.41, 5.74) is 1.18. The quantitative estimate of drug-likeness (QED) is 0.834. The lowest BCUT2D eigenvalue weighted by Crippen LogP contribution is -2.48. The molecule has 1 fully saturated rings. The number of benzene rings is 1. The third kappa shape index (κ3) is 6.20. The van der Waals surface area contributed by atoms with Gasteiger partial charge in [0, 0.05) is 52.4 Å². The number of hydrogen-bond acceptors (Lipinski definition) is 3. The zero-order valence-corrected chi connectivity index (χ0v) is 14.5. The minimum absolute atomic E-state index is 0.0461. The number of piperazine rings is 1. The van der Waals surface area contributed by atoms with Crippen molar-refractivity contribution in [2.45, 2.75) is 19.9 Å². The summed E-state index contributed by atoms with van der Waals surface area (Å²) in [5.74, 6) is 0. The van der Waals surface area contributed by atoms with Crippen LogP contribution in [0.15, 0.2) is 30.3 Å². The van der Waals surface area contributed by atoms with Crippen LogP contribution in [0.5, 0.6) is 0 Å². The number of carbonyl (C=O) groups is 1. The van der Waals surface area contributed by atoms with Gasteiger partial charge in [0.25, 0.3) is 0 Å². The molecule has 5 heteroatoms. The summed E-state index contributed by atoms with van der Waals surface area (Å²) in [7, 11) is 2.16. The Kier molecular flexibility index (Phi) is 7.36. The van der Waals surface area contributed by atoms with Gasteiger partial charge in [0.15, 0.2) is 0 Å². The molecule has 5 nitrogen and oxygen atoms in total. The highest BCUT2D eigenvalue weighted by molar-refractivity contribution is 5.74. The van der Waals surface area contributed by atoms with E-state index in [1.807, 2.05) is 23.1 Å². The average Bonchev–Trinajstić information content (AvgIpc) is 2.58. The molecule has 0 bridgehead atoms. The summed E-state index contributed by atoms with van der Waals surface area (Å²) in [6.07, 6.45) is 0.962. The second-order valence-corrected chi connectivity index (χ2v) is 6.28. The van der Waals surface area contributed by atoms with E-state index in [9.17, 15) is 4.79 Å². The number of nitrogens with zero attached hydrogens (tertiary/aromatic N) is 3. The first-order valence-corrected chi connectivity index (χ1v) is 8.66. The second-order valence-electron chi connectivity index (χ2n) is 6.28. The van der Waals surface area contributed by atoms with Crippen LogP contribution in [-0.2, 0) is 6.54 Å². The molecule has 0 spiro atoms. The maximum atomic E-state index is 12.4. The predicted octanol–water partition coefficient (Wildman–Crippen LogP) is 1.86. The highest BCUT2D eigenvalue weighted by atomic mass is 16.2. The third-order valence-corrected chi connectivity index (χ3v) is 4.31. The van der Waals surface area contributed by atoms with E-state index in [2.05, 4.69) is 41.2 Å². The molecule has 0 radical (unpaired) electrons. The Labute approximate surface area is 140 Å². The molecule has 0 aromatic heterocycles. The number of rotatable bonds is 7. The van der Waals surface area contributed by atoms with Gasteiger partial charge in [-0.1, -0.05) is 37.3 Å².